The summed E-state index contributed by atoms with van der Waals surface area (Å²) in [5.74, 6) is 1.77. The Morgan fingerprint density at radius 3 is 1.58 bits per heavy atom. The van der Waals surface area contributed by atoms with Crippen LogP contribution in [0.15, 0.2) is 86.0 Å². The van der Waals surface area contributed by atoms with Crippen molar-refractivity contribution in [1.82, 2.24) is 9.13 Å². The minimum absolute atomic E-state index is 0. The Balaban J connectivity index is 0.00000171. The molecule has 8 heteroatoms. The fraction of sp³-hybridized carbons (Fsp3) is 0.217. The highest BCUT2D eigenvalue weighted by molar-refractivity contribution is 5.29. The zero-order valence-electron chi connectivity index (χ0n) is 17.6. The number of nitrogens with zero attached hydrogens (tertiary/aromatic N) is 4. The van der Waals surface area contributed by atoms with Crippen LogP contribution in [-0.4, -0.2) is 23.4 Å². The normalized spacial score (nSPS) is 10.1. The van der Waals surface area contributed by atoms with Gasteiger partial charge in [0.25, 0.3) is 0 Å². The van der Waals surface area contributed by atoms with Crippen molar-refractivity contribution >= 4 is 0 Å². The van der Waals surface area contributed by atoms with Crippen molar-refractivity contribution in [3.8, 4) is 11.5 Å². The van der Waals surface area contributed by atoms with Gasteiger partial charge in [-0.25, -0.2) is 9.13 Å². The average molecular weight is 550 g/mol. The van der Waals surface area contributed by atoms with Gasteiger partial charge in [0.1, 0.15) is 49.4 Å². The summed E-state index contributed by atoms with van der Waals surface area (Å²) in [6.45, 7) is 2.38. The third kappa shape index (κ3) is 6.70. The topological polar surface area (TPSA) is 36.1 Å². The zero-order valence-corrected chi connectivity index (χ0v) is 20.7. The molecule has 0 amide bonds. The molecule has 31 heavy (non-hydrogen) atoms. The number of aromatic nitrogens is 4. The summed E-state index contributed by atoms with van der Waals surface area (Å²) >= 11 is 0. The van der Waals surface area contributed by atoms with Crippen LogP contribution in [0.5, 0.6) is 11.5 Å². The van der Waals surface area contributed by atoms with Crippen molar-refractivity contribution in [1.29, 1.82) is 0 Å². The van der Waals surface area contributed by atoms with Crippen LogP contribution in [0, 0.1) is 0 Å². The lowest BCUT2D eigenvalue weighted by atomic mass is 10.2. The van der Waals surface area contributed by atoms with Gasteiger partial charge in [-0.05, 0) is 35.4 Å². The van der Waals surface area contributed by atoms with Gasteiger partial charge in [0.15, 0.2) is 0 Å². The molecule has 0 aliphatic heterocycles. The first-order valence-electron chi connectivity index (χ1n) is 9.57. The molecule has 0 N–H and O–H groups in total. The minimum Gasteiger partial charge on any atom is -1.00 e. The van der Waals surface area contributed by atoms with Gasteiger partial charge < -0.3 is 43.4 Å². The van der Waals surface area contributed by atoms with Crippen LogP contribution in [0.1, 0.15) is 11.1 Å². The number of ether oxygens (including phenoxy) is 2. The van der Waals surface area contributed by atoms with Crippen LogP contribution >= 0.6 is 0 Å². The van der Waals surface area contributed by atoms with E-state index in [-0.39, 0.29) is 34.0 Å². The molecule has 0 unspecified atom stereocenters. The first-order valence-corrected chi connectivity index (χ1v) is 9.57. The smallest absolute Gasteiger partial charge is 0.247 e. The second-order valence-corrected chi connectivity index (χ2v) is 7.04. The molecule has 0 saturated heterocycles. The van der Waals surface area contributed by atoms with Gasteiger partial charge in [-0.3, -0.25) is 0 Å². The summed E-state index contributed by atoms with van der Waals surface area (Å²) in [7, 11) is 3.39. The Bertz CT molecular complexity index is 1010. The molecular formula is C23H26Br2N4O2. The van der Waals surface area contributed by atoms with Crippen molar-refractivity contribution in [2.24, 2.45) is 0 Å². The number of methoxy groups -OCH3 is 2. The molecule has 0 saturated carbocycles. The monoisotopic (exact) mass is 548 g/mol. The van der Waals surface area contributed by atoms with Gasteiger partial charge in [0.2, 0.25) is 19.3 Å². The maximum Gasteiger partial charge on any atom is 0.247 e. The van der Waals surface area contributed by atoms with Gasteiger partial charge in [0, 0.05) is 0 Å². The van der Waals surface area contributed by atoms with E-state index in [1.54, 1.807) is 14.2 Å². The van der Waals surface area contributed by atoms with Crippen molar-refractivity contribution in [3.63, 3.8) is 0 Å². The lowest BCUT2D eigenvalue weighted by molar-refractivity contribution is -0.912. The number of halogens is 2. The third-order valence-corrected chi connectivity index (χ3v) is 4.82. The van der Waals surface area contributed by atoms with Gasteiger partial charge in [-0.1, -0.05) is 24.3 Å². The lowest BCUT2D eigenvalue weighted by Crippen LogP contribution is -3.00. The maximum atomic E-state index is 5.31. The highest BCUT2D eigenvalue weighted by atomic mass is 79.9. The standard InChI is InChI=1S/C23H26N4O2.2BrH/c1-28-22-7-3-5-20(13-22)15-24-9-11-26(17-24)19-27-12-10-25(18-27)16-21-6-4-8-23(14-21)29-2;;/h3-14,17-18H,15-16,19H2,1-2H3;2*1H/q+2;;/p-2. The first kappa shape index (κ1) is 24.7. The predicted octanol–water partition coefficient (Wildman–Crippen LogP) is -3.51. The van der Waals surface area contributed by atoms with Crippen LogP contribution in [-0.2, 0) is 19.8 Å². The Kier molecular flexibility index (Phi) is 9.33. The van der Waals surface area contributed by atoms with E-state index in [1.165, 1.54) is 11.1 Å². The van der Waals surface area contributed by atoms with E-state index in [0.29, 0.717) is 0 Å². The fourth-order valence-corrected chi connectivity index (χ4v) is 3.38. The summed E-state index contributed by atoms with van der Waals surface area (Å²) in [6, 6.07) is 16.3. The second kappa shape index (κ2) is 11.7. The van der Waals surface area contributed by atoms with E-state index >= 15 is 0 Å². The summed E-state index contributed by atoms with van der Waals surface area (Å²) < 4.78 is 19.3. The van der Waals surface area contributed by atoms with Crippen LogP contribution in [0.3, 0.4) is 0 Å². The second-order valence-electron chi connectivity index (χ2n) is 7.04. The molecule has 2 heterocycles. The van der Waals surface area contributed by atoms with E-state index in [2.05, 4.69) is 80.0 Å². The minimum atomic E-state index is 0. The molecule has 164 valence electrons. The van der Waals surface area contributed by atoms with Crippen LogP contribution < -0.4 is 52.6 Å². The van der Waals surface area contributed by atoms with Crippen LogP contribution in [0.2, 0.25) is 0 Å². The number of imidazole rings is 2. The molecule has 0 bridgehead atoms. The molecule has 0 fully saturated rings. The molecule has 2 aromatic carbocycles. The molecule has 0 spiro atoms. The van der Waals surface area contributed by atoms with Gasteiger partial charge in [0.05, 0.1) is 14.2 Å². The molecule has 6 nitrogen and oxygen atoms in total. The Labute approximate surface area is 203 Å². The molecule has 0 atom stereocenters. The fourth-order valence-electron chi connectivity index (χ4n) is 3.38. The van der Waals surface area contributed by atoms with E-state index in [9.17, 15) is 0 Å². The molecular weight excluding hydrogens is 524 g/mol. The summed E-state index contributed by atoms with van der Waals surface area (Å²) in [6.07, 6.45) is 12.6. The first-order chi connectivity index (χ1) is 14.2. The van der Waals surface area contributed by atoms with E-state index < -0.39 is 0 Å². The number of hydrogen-bond acceptors (Lipinski definition) is 2. The predicted molar refractivity (Wildman–Crippen MR) is 109 cm³/mol. The van der Waals surface area contributed by atoms with Crippen molar-refractivity contribution in [2.75, 3.05) is 14.2 Å². The molecule has 2 aromatic heterocycles. The summed E-state index contributed by atoms with van der Waals surface area (Å²) in [5.41, 5.74) is 2.42. The SMILES string of the molecule is COc1cccc(Cn2cc[n+](C[n+]3ccn(Cc4cccc(OC)c4)c3)c2)c1.[Br-].[Br-]. The quantitative estimate of drug-likeness (QED) is 0.214. The van der Waals surface area contributed by atoms with E-state index in [1.807, 2.05) is 24.3 Å². The average Bonchev–Trinajstić information content (AvgIpc) is 3.38. The zero-order chi connectivity index (χ0) is 20.1. The molecule has 4 rings (SSSR count). The van der Waals surface area contributed by atoms with Gasteiger partial charge in [-0.2, -0.15) is 9.13 Å². The highest BCUT2D eigenvalue weighted by Gasteiger charge is 2.10. The summed E-state index contributed by atoms with van der Waals surface area (Å²) in [5, 5.41) is 0. The molecule has 4 aromatic rings. The largest absolute Gasteiger partial charge is 1.00 e. The lowest BCUT2D eigenvalue weighted by Gasteiger charge is -2.02. The van der Waals surface area contributed by atoms with E-state index in [0.717, 1.165) is 31.3 Å². The Hall–Kier alpha value is -2.58. The van der Waals surface area contributed by atoms with Crippen LogP contribution in [0.25, 0.3) is 0 Å². The molecule has 0 aliphatic carbocycles. The summed E-state index contributed by atoms with van der Waals surface area (Å²) in [4.78, 5) is 0. The number of hydrogen-bond donors (Lipinski definition) is 0. The third-order valence-electron chi connectivity index (χ3n) is 4.82. The van der Waals surface area contributed by atoms with Crippen molar-refractivity contribution < 1.29 is 52.6 Å². The highest BCUT2D eigenvalue weighted by Crippen LogP contribution is 2.14. The Morgan fingerprint density at radius 2 is 1.16 bits per heavy atom. The van der Waals surface area contributed by atoms with Crippen LogP contribution in [0.4, 0.5) is 0 Å². The van der Waals surface area contributed by atoms with Crippen molar-refractivity contribution in [2.45, 2.75) is 19.8 Å². The number of rotatable bonds is 8. The van der Waals surface area contributed by atoms with Gasteiger partial charge in [-0.15, -0.1) is 0 Å². The molecule has 0 aliphatic rings. The maximum absolute atomic E-state index is 5.31. The molecule has 0 radical (unpaired) electrons. The van der Waals surface area contributed by atoms with E-state index in [4.69, 9.17) is 9.47 Å². The van der Waals surface area contributed by atoms with Gasteiger partial charge >= 0.3 is 0 Å². The Morgan fingerprint density at radius 1 is 0.710 bits per heavy atom. The number of benzene rings is 2. The van der Waals surface area contributed by atoms with Crippen molar-refractivity contribution in [3.05, 3.63) is 97.1 Å².